The van der Waals surface area contributed by atoms with E-state index in [1.54, 1.807) is 13.8 Å². The molecule has 0 fully saturated rings. The van der Waals surface area contributed by atoms with Gasteiger partial charge in [-0.15, -0.1) is 11.3 Å². The molecule has 102 valence electrons. The number of carbonyl (C=O) groups is 1. The fraction of sp³-hybridized carbons (Fsp3) is 0.556. The zero-order chi connectivity index (χ0) is 14.0. The number of aromatic carboxylic acids is 1. The molecule has 0 aliphatic carbocycles. The third-order valence-electron chi connectivity index (χ3n) is 1.87. The molecule has 7 nitrogen and oxygen atoms in total. The Morgan fingerprint density at radius 2 is 2.17 bits per heavy atom. The van der Waals surface area contributed by atoms with Gasteiger partial charge >= 0.3 is 5.97 Å². The van der Waals surface area contributed by atoms with Gasteiger partial charge in [0.25, 0.3) is 0 Å². The molecule has 0 aromatic carbocycles. The molecule has 0 bridgehead atoms. The highest BCUT2D eigenvalue weighted by atomic mass is 32.2. The normalized spacial score (nSPS) is 12.4. The standard InChI is InChI=1S/C9H15N3O4S2/c1-9(2,12-18(3,15)16)5-10-8-11-6(4-17-8)7(13)14/h4,12H,5H2,1-3H3,(H,10,11)(H,13,14). The third kappa shape index (κ3) is 4.98. The van der Waals surface area contributed by atoms with Crippen molar-refractivity contribution in [3.8, 4) is 0 Å². The van der Waals surface area contributed by atoms with E-state index in [1.165, 1.54) is 5.38 Å². The van der Waals surface area contributed by atoms with Crippen molar-refractivity contribution in [2.45, 2.75) is 19.4 Å². The molecule has 1 rings (SSSR count). The van der Waals surface area contributed by atoms with Gasteiger partial charge in [0.05, 0.1) is 6.26 Å². The fourth-order valence-corrected chi connectivity index (χ4v) is 3.05. The molecular formula is C9H15N3O4S2. The molecule has 1 aromatic rings. The van der Waals surface area contributed by atoms with Crippen molar-refractivity contribution < 1.29 is 18.3 Å². The summed E-state index contributed by atoms with van der Waals surface area (Å²) in [5.41, 5.74) is -0.723. The zero-order valence-electron chi connectivity index (χ0n) is 10.2. The van der Waals surface area contributed by atoms with Crippen LogP contribution in [0.4, 0.5) is 5.13 Å². The summed E-state index contributed by atoms with van der Waals surface area (Å²) in [5.74, 6) is -1.09. The summed E-state index contributed by atoms with van der Waals surface area (Å²) in [4.78, 5) is 14.5. The van der Waals surface area contributed by atoms with Crippen molar-refractivity contribution in [1.29, 1.82) is 0 Å². The van der Waals surface area contributed by atoms with E-state index in [0.29, 0.717) is 11.7 Å². The molecule has 1 aromatic heterocycles. The van der Waals surface area contributed by atoms with Crippen LogP contribution in [0.1, 0.15) is 24.3 Å². The van der Waals surface area contributed by atoms with E-state index in [4.69, 9.17) is 5.11 Å². The van der Waals surface area contributed by atoms with Gasteiger partial charge in [0, 0.05) is 17.5 Å². The molecular weight excluding hydrogens is 278 g/mol. The van der Waals surface area contributed by atoms with Crippen LogP contribution in [0.2, 0.25) is 0 Å². The first kappa shape index (κ1) is 14.9. The molecule has 0 saturated carbocycles. The summed E-state index contributed by atoms with van der Waals surface area (Å²) in [6.07, 6.45) is 1.08. The van der Waals surface area contributed by atoms with Gasteiger partial charge in [-0.2, -0.15) is 0 Å². The molecule has 0 saturated heterocycles. The maximum Gasteiger partial charge on any atom is 0.355 e. The molecule has 0 radical (unpaired) electrons. The Balaban J connectivity index is 2.61. The van der Waals surface area contributed by atoms with Crippen LogP contribution in [0.3, 0.4) is 0 Å². The van der Waals surface area contributed by atoms with Crippen LogP contribution in [0.25, 0.3) is 0 Å². The van der Waals surface area contributed by atoms with Crippen molar-refractivity contribution in [2.75, 3.05) is 18.1 Å². The Morgan fingerprint density at radius 1 is 1.56 bits per heavy atom. The van der Waals surface area contributed by atoms with E-state index in [1.807, 2.05) is 0 Å². The Labute approximate surface area is 109 Å². The van der Waals surface area contributed by atoms with Gasteiger partial charge in [0.2, 0.25) is 10.0 Å². The van der Waals surface area contributed by atoms with Crippen LogP contribution >= 0.6 is 11.3 Å². The smallest absolute Gasteiger partial charge is 0.355 e. The van der Waals surface area contributed by atoms with Gasteiger partial charge in [0.1, 0.15) is 0 Å². The van der Waals surface area contributed by atoms with Crippen LogP contribution in [-0.2, 0) is 10.0 Å². The predicted octanol–water partition coefficient (Wildman–Crippen LogP) is 0.581. The highest BCUT2D eigenvalue weighted by molar-refractivity contribution is 7.88. The second-order valence-corrected chi connectivity index (χ2v) is 7.06. The Kier molecular flexibility index (Phi) is 4.30. The van der Waals surface area contributed by atoms with Gasteiger partial charge in [-0.1, -0.05) is 0 Å². The molecule has 0 unspecified atom stereocenters. The minimum atomic E-state index is -3.30. The van der Waals surface area contributed by atoms with Crippen LogP contribution in [-0.4, -0.2) is 42.8 Å². The minimum Gasteiger partial charge on any atom is -0.476 e. The lowest BCUT2D eigenvalue weighted by molar-refractivity contribution is 0.0691. The quantitative estimate of drug-likeness (QED) is 0.708. The highest BCUT2D eigenvalue weighted by Gasteiger charge is 2.22. The number of thiazole rings is 1. The SMILES string of the molecule is CC(C)(CNc1nc(C(=O)O)cs1)NS(C)(=O)=O. The Bertz CT molecular complexity index is 536. The van der Waals surface area contributed by atoms with E-state index in [2.05, 4.69) is 15.0 Å². The summed E-state index contributed by atoms with van der Waals surface area (Å²) in [5, 5.41) is 13.5. The number of anilines is 1. The number of nitrogens with zero attached hydrogens (tertiary/aromatic N) is 1. The molecule has 3 N–H and O–H groups in total. The number of hydrogen-bond donors (Lipinski definition) is 3. The molecule has 9 heteroatoms. The number of sulfonamides is 1. The first-order chi connectivity index (χ1) is 8.09. The summed E-state index contributed by atoms with van der Waals surface area (Å²) in [6.45, 7) is 3.73. The lowest BCUT2D eigenvalue weighted by Crippen LogP contribution is -2.47. The van der Waals surface area contributed by atoms with E-state index in [-0.39, 0.29) is 5.69 Å². The van der Waals surface area contributed by atoms with Crippen molar-refractivity contribution in [2.24, 2.45) is 0 Å². The van der Waals surface area contributed by atoms with E-state index in [0.717, 1.165) is 17.6 Å². The lowest BCUT2D eigenvalue weighted by Gasteiger charge is -2.25. The molecule has 0 atom stereocenters. The van der Waals surface area contributed by atoms with Crippen molar-refractivity contribution in [3.05, 3.63) is 11.1 Å². The maximum absolute atomic E-state index is 11.1. The Morgan fingerprint density at radius 3 is 2.61 bits per heavy atom. The summed E-state index contributed by atoms with van der Waals surface area (Å²) >= 11 is 1.16. The number of carboxylic acid groups (broad SMARTS) is 1. The second kappa shape index (κ2) is 5.21. The molecule has 18 heavy (non-hydrogen) atoms. The van der Waals surface area contributed by atoms with Crippen LogP contribution in [0.15, 0.2) is 5.38 Å². The second-order valence-electron chi connectivity index (χ2n) is 4.45. The van der Waals surface area contributed by atoms with Crippen LogP contribution in [0.5, 0.6) is 0 Å². The molecule has 1 heterocycles. The average Bonchev–Trinajstić information content (AvgIpc) is 2.59. The van der Waals surface area contributed by atoms with Gasteiger partial charge in [-0.05, 0) is 13.8 Å². The predicted molar refractivity (Wildman–Crippen MR) is 69.6 cm³/mol. The summed E-state index contributed by atoms with van der Waals surface area (Å²) in [7, 11) is -3.30. The van der Waals surface area contributed by atoms with Crippen LogP contribution in [0, 0.1) is 0 Å². The minimum absolute atomic E-state index is 0.0311. The molecule has 0 aliphatic heterocycles. The van der Waals surface area contributed by atoms with Gasteiger partial charge < -0.3 is 10.4 Å². The van der Waals surface area contributed by atoms with Gasteiger partial charge in [-0.25, -0.2) is 22.9 Å². The third-order valence-corrected chi connectivity index (χ3v) is 3.59. The first-order valence-electron chi connectivity index (χ1n) is 5.01. The number of aromatic nitrogens is 1. The van der Waals surface area contributed by atoms with E-state index in [9.17, 15) is 13.2 Å². The maximum atomic E-state index is 11.1. The first-order valence-corrected chi connectivity index (χ1v) is 7.78. The monoisotopic (exact) mass is 293 g/mol. The fourth-order valence-electron chi connectivity index (χ4n) is 1.29. The molecule has 0 amide bonds. The number of rotatable bonds is 6. The summed E-state index contributed by atoms with van der Waals surface area (Å²) in [6, 6.07) is 0. The van der Waals surface area contributed by atoms with Crippen LogP contribution < -0.4 is 10.0 Å². The number of nitrogens with one attached hydrogen (secondary N) is 2. The summed E-state index contributed by atoms with van der Waals surface area (Å²) < 4.78 is 24.7. The van der Waals surface area contributed by atoms with Gasteiger partial charge in [0.15, 0.2) is 10.8 Å². The van der Waals surface area contributed by atoms with E-state index >= 15 is 0 Å². The Hall–Kier alpha value is -1.19. The van der Waals surface area contributed by atoms with Crippen molar-refractivity contribution in [3.63, 3.8) is 0 Å². The molecule has 0 spiro atoms. The lowest BCUT2D eigenvalue weighted by atomic mass is 10.1. The average molecular weight is 293 g/mol. The largest absolute Gasteiger partial charge is 0.476 e. The molecule has 0 aliphatic rings. The number of hydrogen-bond acceptors (Lipinski definition) is 6. The highest BCUT2D eigenvalue weighted by Crippen LogP contribution is 2.16. The zero-order valence-corrected chi connectivity index (χ0v) is 11.9. The topological polar surface area (TPSA) is 108 Å². The number of carboxylic acids is 1. The van der Waals surface area contributed by atoms with Gasteiger partial charge in [-0.3, -0.25) is 0 Å². The van der Waals surface area contributed by atoms with Crippen molar-refractivity contribution >= 4 is 32.5 Å². The van der Waals surface area contributed by atoms with E-state index < -0.39 is 21.5 Å². The van der Waals surface area contributed by atoms with Crippen molar-refractivity contribution in [1.82, 2.24) is 9.71 Å².